The Balaban J connectivity index is 2.09. The fraction of sp³-hybridized carbons (Fsp3) is 0.500. The number of hydrogen-bond donors (Lipinski definition) is 1. The van der Waals surface area contributed by atoms with Crippen LogP contribution in [0.3, 0.4) is 0 Å². The highest BCUT2D eigenvalue weighted by Gasteiger charge is 2.33. The third-order valence-electron chi connectivity index (χ3n) is 2.33. The second kappa shape index (κ2) is 5.55. The van der Waals surface area contributed by atoms with Crippen LogP contribution in [0, 0.1) is 0 Å². The molecule has 5 nitrogen and oxygen atoms in total. The summed E-state index contributed by atoms with van der Waals surface area (Å²) in [6, 6.07) is 0.943. The smallest absolute Gasteiger partial charge is 0.374 e. The maximum absolute atomic E-state index is 12.4. The highest BCUT2D eigenvalue weighted by molar-refractivity contribution is 7.10. The van der Waals surface area contributed by atoms with Crippen molar-refractivity contribution < 1.29 is 13.2 Å². The van der Waals surface area contributed by atoms with Gasteiger partial charge >= 0.3 is 6.18 Å². The molecule has 0 atom stereocenters. The molecule has 0 aliphatic carbocycles. The van der Waals surface area contributed by atoms with Crippen molar-refractivity contribution in [2.24, 2.45) is 0 Å². The number of nitrogens with zero attached hydrogens (tertiary/aromatic N) is 4. The molecule has 2 heterocycles. The Morgan fingerprint density at radius 2 is 2.21 bits per heavy atom. The van der Waals surface area contributed by atoms with E-state index >= 15 is 0 Å². The van der Waals surface area contributed by atoms with Crippen molar-refractivity contribution in [3.63, 3.8) is 0 Å². The third-order valence-corrected chi connectivity index (χ3v) is 3.06. The number of rotatable bonds is 5. The van der Waals surface area contributed by atoms with Crippen molar-refractivity contribution in [3.05, 3.63) is 23.7 Å². The lowest BCUT2D eigenvalue weighted by Crippen LogP contribution is -2.09. The third kappa shape index (κ3) is 3.43. The quantitative estimate of drug-likeness (QED) is 0.920. The molecular formula is C10H12F3N5S. The summed E-state index contributed by atoms with van der Waals surface area (Å²) >= 11 is 1.19. The average molecular weight is 291 g/mol. The number of anilines is 1. The Kier molecular flexibility index (Phi) is 4.03. The maximum Gasteiger partial charge on any atom is 0.435 e. The molecule has 0 fully saturated rings. The van der Waals surface area contributed by atoms with Gasteiger partial charge in [-0.2, -0.15) is 18.3 Å². The molecule has 0 saturated heterocycles. The zero-order chi connectivity index (χ0) is 13.9. The number of halogens is 3. The fourth-order valence-electron chi connectivity index (χ4n) is 1.44. The Bertz CT molecular complexity index is 533. The SMILES string of the molecule is CCCNc1snnc1Cn1ccc(C(F)(F)F)n1. The van der Waals surface area contributed by atoms with Gasteiger partial charge in [0.15, 0.2) is 5.69 Å². The van der Waals surface area contributed by atoms with E-state index in [0.717, 1.165) is 24.0 Å². The first-order valence-corrected chi connectivity index (χ1v) is 6.43. The van der Waals surface area contributed by atoms with Crippen molar-refractivity contribution in [2.75, 3.05) is 11.9 Å². The van der Waals surface area contributed by atoms with Crippen LogP contribution in [-0.4, -0.2) is 25.9 Å². The number of alkyl halides is 3. The van der Waals surface area contributed by atoms with E-state index in [9.17, 15) is 13.2 Å². The minimum absolute atomic E-state index is 0.165. The summed E-state index contributed by atoms with van der Waals surface area (Å²) in [7, 11) is 0. The van der Waals surface area contributed by atoms with Gasteiger partial charge in [0.05, 0.1) is 6.54 Å². The molecule has 0 aliphatic heterocycles. The van der Waals surface area contributed by atoms with Crippen molar-refractivity contribution in [3.8, 4) is 0 Å². The monoisotopic (exact) mass is 291 g/mol. The summed E-state index contributed by atoms with van der Waals surface area (Å²) in [6.07, 6.45) is -2.20. The van der Waals surface area contributed by atoms with E-state index in [0.29, 0.717) is 5.69 Å². The molecule has 0 radical (unpaired) electrons. The minimum Gasteiger partial charge on any atom is -0.374 e. The number of hydrogen-bond acceptors (Lipinski definition) is 5. The first-order chi connectivity index (χ1) is 9.00. The molecule has 2 rings (SSSR count). The molecule has 0 aromatic carbocycles. The van der Waals surface area contributed by atoms with Crippen LogP contribution >= 0.6 is 11.5 Å². The van der Waals surface area contributed by atoms with Gasteiger partial charge in [-0.15, -0.1) is 5.10 Å². The van der Waals surface area contributed by atoms with Crippen molar-refractivity contribution in [1.82, 2.24) is 19.4 Å². The van der Waals surface area contributed by atoms with Crippen LogP contribution in [0.25, 0.3) is 0 Å². The van der Waals surface area contributed by atoms with Gasteiger partial charge in [-0.05, 0) is 12.5 Å². The summed E-state index contributed by atoms with van der Waals surface area (Å²) < 4.78 is 42.2. The van der Waals surface area contributed by atoms with E-state index in [1.807, 2.05) is 6.92 Å². The Morgan fingerprint density at radius 1 is 1.42 bits per heavy atom. The lowest BCUT2D eigenvalue weighted by atomic mass is 10.4. The molecule has 0 amide bonds. The van der Waals surface area contributed by atoms with E-state index in [-0.39, 0.29) is 6.54 Å². The van der Waals surface area contributed by atoms with Crippen LogP contribution in [0.5, 0.6) is 0 Å². The summed E-state index contributed by atoms with van der Waals surface area (Å²) in [5, 5.41) is 11.3. The molecule has 0 unspecified atom stereocenters. The largest absolute Gasteiger partial charge is 0.435 e. The second-order valence-electron chi connectivity index (χ2n) is 3.87. The average Bonchev–Trinajstić information content (AvgIpc) is 2.95. The van der Waals surface area contributed by atoms with Gasteiger partial charge in [-0.25, -0.2) is 0 Å². The summed E-state index contributed by atoms with van der Waals surface area (Å²) in [5.74, 6) is 0. The molecule has 104 valence electrons. The number of aromatic nitrogens is 4. The van der Waals surface area contributed by atoms with Crippen molar-refractivity contribution in [2.45, 2.75) is 26.1 Å². The van der Waals surface area contributed by atoms with Crippen LogP contribution in [-0.2, 0) is 12.7 Å². The van der Waals surface area contributed by atoms with Gasteiger partial charge in [0.25, 0.3) is 0 Å². The summed E-state index contributed by atoms with van der Waals surface area (Å²) in [5.41, 5.74) is -0.311. The molecule has 0 spiro atoms. The van der Waals surface area contributed by atoms with Crippen LogP contribution in [0.4, 0.5) is 18.2 Å². The Labute approximate surface area is 111 Å². The molecule has 9 heteroatoms. The predicted octanol–water partition coefficient (Wildman–Crippen LogP) is 2.62. The molecular weight excluding hydrogens is 279 g/mol. The van der Waals surface area contributed by atoms with Gasteiger partial charge in [0.2, 0.25) is 0 Å². The second-order valence-corrected chi connectivity index (χ2v) is 4.63. The first-order valence-electron chi connectivity index (χ1n) is 5.66. The van der Waals surface area contributed by atoms with E-state index < -0.39 is 11.9 Å². The molecule has 19 heavy (non-hydrogen) atoms. The zero-order valence-corrected chi connectivity index (χ0v) is 10.9. The highest BCUT2D eigenvalue weighted by atomic mass is 32.1. The molecule has 1 N–H and O–H groups in total. The normalized spacial score (nSPS) is 11.8. The van der Waals surface area contributed by atoms with Gasteiger partial charge in [-0.1, -0.05) is 11.4 Å². The summed E-state index contributed by atoms with van der Waals surface area (Å²) in [4.78, 5) is 0. The van der Waals surface area contributed by atoms with Crippen LogP contribution in [0.2, 0.25) is 0 Å². The van der Waals surface area contributed by atoms with E-state index in [4.69, 9.17) is 0 Å². The lowest BCUT2D eigenvalue weighted by Gasteiger charge is -2.04. The first kappa shape index (κ1) is 13.8. The van der Waals surface area contributed by atoms with Gasteiger partial charge in [0, 0.05) is 24.3 Å². The summed E-state index contributed by atoms with van der Waals surface area (Å²) in [6.45, 7) is 2.95. The molecule has 0 bridgehead atoms. The van der Waals surface area contributed by atoms with Gasteiger partial charge < -0.3 is 5.32 Å². The maximum atomic E-state index is 12.4. The fourth-order valence-corrected chi connectivity index (χ4v) is 2.04. The Morgan fingerprint density at radius 3 is 2.84 bits per heavy atom. The lowest BCUT2D eigenvalue weighted by molar-refractivity contribution is -0.141. The molecule has 2 aromatic heterocycles. The molecule has 0 aliphatic rings. The minimum atomic E-state index is -4.42. The van der Waals surface area contributed by atoms with Gasteiger partial charge in [0.1, 0.15) is 10.7 Å². The van der Waals surface area contributed by atoms with Crippen molar-refractivity contribution >= 4 is 16.5 Å². The van der Waals surface area contributed by atoms with Crippen LogP contribution < -0.4 is 5.32 Å². The zero-order valence-electron chi connectivity index (χ0n) is 10.1. The topological polar surface area (TPSA) is 55.6 Å². The number of nitrogens with one attached hydrogen (secondary N) is 1. The van der Waals surface area contributed by atoms with Crippen LogP contribution in [0.1, 0.15) is 24.7 Å². The highest BCUT2D eigenvalue weighted by Crippen LogP contribution is 2.27. The van der Waals surface area contributed by atoms with E-state index in [1.54, 1.807) is 0 Å². The van der Waals surface area contributed by atoms with E-state index in [1.165, 1.54) is 22.4 Å². The van der Waals surface area contributed by atoms with E-state index in [2.05, 4.69) is 20.0 Å². The standard InChI is InChI=1S/C10H12F3N5S/c1-2-4-14-9-7(15-17-19-9)6-18-5-3-8(16-18)10(11,12)13/h3,5,14H,2,4,6H2,1H3. The van der Waals surface area contributed by atoms with Gasteiger partial charge in [-0.3, -0.25) is 4.68 Å². The Hall–Kier alpha value is -1.64. The molecule has 0 saturated carbocycles. The van der Waals surface area contributed by atoms with Crippen molar-refractivity contribution in [1.29, 1.82) is 0 Å². The predicted molar refractivity (Wildman–Crippen MR) is 65.0 cm³/mol. The molecule has 2 aromatic rings. The van der Waals surface area contributed by atoms with Crippen LogP contribution in [0.15, 0.2) is 12.3 Å².